The number of anilines is 1. The second-order valence-electron chi connectivity index (χ2n) is 9.37. The number of hydrogen-bond acceptors (Lipinski definition) is 5. The van der Waals surface area contributed by atoms with Crippen molar-refractivity contribution in [1.29, 1.82) is 0 Å². The van der Waals surface area contributed by atoms with Crippen molar-refractivity contribution >= 4 is 17.6 Å². The van der Waals surface area contributed by atoms with E-state index in [1.807, 2.05) is 43.3 Å². The van der Waals surface area contributed by atoms with E-state index in [2.05, 4.69) is 20.9 Å². The molecule has 0 bridgehead atoms. The molecule has 2 saturated carbocycles. The van der Waals surface area contributed by atoms with Gasteiger partial charge in [0.1, 0.15) is 6.04 Å². The van der Waals surface area contributed by atoms with Crippen molar-refractivity contribution in [1.82, 2.24) is 20.2 Å². The molecule has 0 saturated heterocycles. The second kappa shape index (κ2) is 9.74. The van der Waals surface area contributed by atoms with Crippen LogP contribution in [0.2, 0.25) is 0 Å². The topological polar surface area (TPSA) is 105 Å². The summed E-state index contributed by atoms with van der Waals surface area (Å²) >= 11 is 0. The Morgan fingerprint density at radius 2 is 1.74 bits per heavy atom. The van der Waals surface area contributed by atoms with Crippen LogP contribution in [0.25, 0.3) is 5.69 Å². The molecule has 2 aromatic carbocycles. The average molecular weight is 472 g/mol. The average Bonchev–Trinajstić information content (AvgIpc) is 3.79. The Kier molecular flexibility index (Phi) is 6.35. The van der Waals surface area contributed by atoms with E-state index in [0.29, 0.717) is 17.7 Å². The van der Waals surface area contributed by atoms with Gasteiger partial charge in [0.2, 0.25) is 5.91 Å². The molecule has 2 aliphatic rings. The number of amides is 2. The molecule has 180 valence electrons. The van der Waals surface area contributed by atoms with E-state index >= 15 is 0 Å². The zero-order chi connectivity index (χ0) is 24.4. The number of carbonyl (C=O) groups excluding carboxylic acids is 2. The van der Waals surface area contributed by atoms with E-state index in [1.54, 1.807) is 18.3 Å². The van der Waals surface area contributed by atoms with Crippen molar-refractivity contribution in [3.8, 4) is 5.69 Å². The normalized spacial score (nSPS) is 15.8. The van der Waals surface area contributed by atoms with E-state index < -0.39 is 6.04 Å². The molecular formula is C27H29N5O3. The largest absolute Gasteiger partial charge is 0.353 e. The maximum absolute atomic E-state index is 13.4. The Labute approximate surface area is 203 Å². The quantitative estimate of drug-likeness (QED) is 0.445. The minimum Gasteiger partial charge on any atom is -0.353 e. The SMILES string of the molecule is Cc1ccc(C(=O)NC2CC2)cc1-n1ccnc(NC(Cc2ccccc2)C(=O)NC2CC2)c1=O. The number of aromatic nitrogens is 2. The van der Waals surface area contributed by atoms with Crippen LogP contribution in [0, 0.1) is 6.92 Å². The van der Waals surface area contributed by atoms with Gasteiger partial charge in [-0.1, -0.05) is 36.4 Å². The summed E-state index contributed by atoms with van der Waals surface area (Å²) in [6, 6.07) is 14.8. The van der Waals surface area contributed by atoms with Crippen LogP contribution in [0.3, 0.4) is 0 Å². The van der Waals surface area contributed by atoms with E-state index in [-0.39, 0.29) is 35.3 Å². The zero-order valence-corrected chi connectivity index (χ0v) is 19.7. The van der Waals surface area contributed by atoms with Gasteiger partial charge in [0, 0.05) is 36.5 Å². The lowest BCUT2D eigenvalue weighted by Gasteiger charge is -2.19. The van der Waals surface area contributed by atoms with Gasteiger partial charge < -0.3 is 16.0 Å². The number of nitrogens with one attached hydrogen (secondary N) is 3. The molecule has 35 heavy (non-hydrogen) atoms. The summed E-state index contributed by atoms with van der Waals surface area (Å²) in [7, 11) is 0. The van der Waals surface area contributed by atoms with Crippen molar-refractivity contribution in [2.75, 3.05) is 5.32 Å². The molecule has 1 unspecified atom stereocenters. The van der Waals surface area contributed by atoms with Gasteiger partial charge in [-0.15, -0.1) is 0 Å². The van der Waals surface area contributed by atoms with E-state index in [1.165, 1.54) is 10.8 Å². The minimum absolute atomic E-state index is 0.0895. The van der Waals surface area contributed by atoms with Crippen LogP contribution in [-0.2, 0) is 11.2 Å². The predicted molar refractivity (Wildman–Crippen MR) is 134 cm³/mol. The third kappa shape index (κ3) is 5.59. The van der Waals surface area contributed by atoms with Gasteiger partial charge in [0.15, 0.2) is 5.82 Å². The Hall–Kier alpha value is -3.94. The first kappa shape index (κ1) is 22.8. The Bertz CT molecular complexity index is 1300. The maximum atomic E-state index is 13.4. The van der Waals surface area contributed by atoms with Crippen molar-refractivity contribution in [3.05, 3.63) is 88.0 Å². The van der Waals surface area contributed by atoms with Crippen molar-refractivity contribution in [2.24, 2.45) is 0 Å². The van der Waals surface area contributed by atoms with Crippen molar-refractivity contribution in [3.63, 3.8) is 0 Å². The lowest BCUT2D eigenvalue weighted by atomic mass is 10.1. The number of rotatable bonds is 9. The molecular weight excluding hydrogens is 442 g/mol. The maximum Gasteiger partial charge on any atom is 0.297 e. The van der Waals surface area contributed by atoms with Gasteiger partial charge in [-0.3, -0.25) is 19.0 Å². The molecule has 1 heterocycles. The highest BCUT2D eigenvalue weighted by atomic mass is 16.2. The summed E-state index contributed by atoms with van der Waals surface area (Å²) in [6.07, 6.45) is 7.48. The van der Waals surface area contributed by atoms with Crippen molar-refractivity contribution in [2.45, 2.75) is 57.2 Å². The fraction of sp³-hybridized carbons (Fsp3) is 0.333. The second-order valence-corrected chi connectivity index (χ2v) is 9.37. The summed E-state index contributed by atoms with van der Waals surface area (Å²) < 4.78 is 1.47. The summed E-state index contributed by atoms with van der Waals surface area (Å²) in [4.78, 5) is 43.2. The first-order valence-corrected chi connectivity index (χ1v) is 12.1. The van der Waals surface area contributed by atoms with Crippen LogP contribution in [-0.4, -0.2) is 39.5 Å². The smallest absolute Gasteiger partial charge is 0.297 e. The van der Waals surface area contributed by atoms with Crippen LogP contribution in [0.15, 0.2) is 65.7 Å². The van der Waals surface area contributed by atoms with Crippen LogP contribution >= 0.6 is 0 Å². The van der Waals surface area contributed by atoms with Gasteiger partial charge in [-0.2, -0.15) is 0 Å². The predicted octanol–water partition coefficient (Wildman–Crippen LogP) is 2.73. The van der Waals surface area contributed by atoms with Gasteiger partial charge >= 0.3 is 0 Å². The summed E-state index contributed by atoms with van der Waals surface area (Å²) in [5.41, 5.74) is 2.55. The number of aryl methyl sites for hydroxylation is 1. The molecule has 0 spiro atoms. The first-order valence-electron chi connectivity index (χ1n) is 12.1. The molecule has 5 rings (SSSR count). The van der Waals surface area contributed by atoms with Crippen LogP contribution in [0.1, 0.15) is 47.2 Å². The van der Waals surface area contributed by atoms with Crippen LogP contribution in [0.5, 0.6) is 0 Å². The number of hydrogen-bond donors (Lipinski definition) is 3. The van der Waals surface area contributed by atoms with Gasteiger partial charge in [-0.25, -0.2) is 4.98 Å². The molecule has 0 aliphatic heterocycles. The Morgan fingerprint density at radius 3 is 2.46 bits per heavy atom. The minimum atomic E-state index is -0.647. The summed E-state index contributed by atoms with van der Waals surface area (Å²) in [5.74, 6) is -0.205. The fourth-order valence-electron chi connectivity index (χ4n) is 3.96. The van der Waals surface area contributed by atoms with Gasteiger partial charge in [0.05, 0.1) is 5.69 Å². The first-order chi connectivity index (χ1) is 17.0. The zero-order valence-electron chi connectivity index (χ0n) is 19.7. The number of carbonyl (C=O) groups is 2. The number of nitrogens with zero attached hydrogens (tertiary/aromatic N) is 2. The molecule has 8 nitrogen and oxygen atoms in total. The molecule has 1 atom stereocenters. The monoisotopic (exact) mass is 471 g/mol. The highest BCUT2D eigenvalue weighted by molar-refractivity contribution is 5.95. The third-order valence-electron chi connectivity index (χ3n) is 6.32. The highest BCUT2D eigenvalue weighted by Crippen LogP contribution is 2.21. The highest BCUT2D eigenvalue weighted by Gasteiger charge is 2.29. The Balaban J connectivity index is 1.43. The molecule has 2 aliphatic carbocycles. The molecule has 1 aromatic heterocycles. The molecule has 2 fully saturated rings. The molecule has 0 radical (unpaired) electrons. The summed E-state index contributed by atoms with van der Waals surface area (Å²) in [5, 5.41) is 9.10. The number of benzene rings is 2. The summed E-state index contributed by atoms with van der Waals surface area (Å²) in [6.45, 7) is 1.89. The van der Waals surface area contributed by atoms with E-state index in [0.717, 1.165) is 36.8 Å². The molecule has 8 heteroatoms. The third-order valence-corrected chi connectivity index (χ3v) is 6.32. The lowest BCUT2D eigenvalue weighted by molar-refractivity contribution is -0.122. The van der Waals surface area contributed by atoms with Gasteiger partial charge in [-0.05, 0) is 55.9 Å². The van der Waals surface area contributed by atoms with Gasteiger partial charge in [0.25, 0.3) is 11.5 Å². The van der Waals surface area contributed by atoms with E-state index in [4.69, 9.17) is 0 Å². The molecule has 3 aromatic rings. The molecule has 3 N–H and O–H groups in total. The standard InChI is InChI=1S/C27H29N5O3/c1-17-7-8-19(25(33)29-20-9-10-20)16-23(17)32-14-13-28-24(27(32)35)31-22(26(34)30-21-11-12-21)15-18-5-3-2-4-6-18/h2-8,13-14,16,20-22H,9-12,15H2,1H3,(H,28,31)(H,29,33)(H,30,34). The van der Waals surface area contributed by atoms with E-state index in [9.17, 15) is 14.4 Å². The van der Waals surface area contributed by atoms with Crippen LogP contribution in [0.4, 0.5) is 5.82 Å². The Morgan fingerprint density at radius 1 is 1.03 bits per heavy atom. The van der Waals surface area contributed by atoms with Crippen LogP contribution < -0.4 is 21.5 Å². The fourth-order valence-corrected chi connectivity index (χ4v) is 3.96. The van der Waals surface area contributed by atoms with Crippen molar-refractivity contribution < 1.29 is 9.59 Å². The molecule has 2 amide bonds. The lowest BCUT2D eigenvalue weighted by Crippen LogP contribution is -2.43.